The Kier molecular flexibility index (Phi) is 6.67. The molecule has 0 fully saturated rings. The highest BCUT2D eigenvalue weighted by Crippen LogP contribution is 2.30. The molecule has 23 heavy (non-hydrogen) atoms. The van der Waals surface area contributed by atoms with Gasteiger partial charge in [-0.2, -0.15) is 13.2 Å². The Bertz CT molecular complexity index is 560. The zero-order chi connectivity index (χ0) is 17.5. The predicted octanol–water partition coefficient (Wildman–Crippen LogP) is 1.77. The van der Waals surface area contributed by atoms with E-state index in [2.05, 4.69) is 10.1 Å². The third-order valence-corrected chi connectivity index (χ3v) is 2.70. The van der Waals surface area contributed by atoms with Crippen molar-refractivity contribution in [3.63, 3.8) is 0 Å². The highest BCUT2D eigenvalue weighted by atomic mass is 19.4. The van der Waals surface area contributed by atoms with Crippen molar-refractivity contribution in [2.45, 2.75) is 19.0 Å². The van der Waals surface area contributed by atoms with Gasteiger partial charge in [0.05, 0.1) is 7.11 Å². The largest absolute Gasteiger partial charge is 0.493 e. The van der Waals surface area contributed by atoms with Crippen LogP contribution in [0.1, 0.15) is 12.0 Å². The number of amides is 1. The number of aliphatic carboxylic acids is 1. The number of carbonyl (C=O) groups excluding carboxylic acids is 1. The summed E-state index contributed by atoms with van der Waals surface area (Å²) in [6, 6.07) is 4.31. The van der Waals surface area contributed by atoms with Crippen molar-refractivity contribution in [3.05, 3.63) is 23.8 Å². The van der Waals surface area contributed by atoms with Crippen LogP contribution in [0.3, 0.4) is 0 Å². The first kappa shape index (κ1) is 18.6. The van der Waals surface area contributed by atoms with E-state index in [0.717, 1.165) is 0 Å². The summed E-state index contributed by atoms with van der Waals surface area (Å²) in [4.78, 5) is 21.7. The zero-order valence-corrected chi connectivity index (χ0v) is 12.3. The molecule has 1 rings (SSSR count). The van der Waals surface area contributed by atoms with Crippen LogP contribution in [0, 0.1) is 0 Å². The molecule has 0 heterocycles. The normalized spacial score (nSPS) is 11.0. The van der Waals surface area contributed by atoms with E-state index in [1.165, 1.54) is 25.3 Å². The number of carboxylic acid groups (broad SMARTS) is 1. The zero-order valence-electron chi connectivity index (χ0n) is 12.3. The number of aryl methyl sites for hydroxylation is 1. The Labute approximate surface area is 130 Å². The maximum absolute atomic E-state index is 12.1. The second-order valence-corrected chi connectivity index (χ2v) is 4.56. The summed E-state index contributed by atoms with van der Waals surface area (Å²) in [5.41, 5.74) is 0.645. The standard InChI is InChI=1S/C14H16F3NO5/c1-22-11-6-9(3-5-12(19)18-7-13(20)21)2-4-10(11)23-8-14(15,16)17/h2,4,6H,3,5,7-8H2,1H3,(H,18,19)(H,20,21). The molecule has 1 amide bonds. The number of ether oxygens (including phenoxy) is 2. The number of hydrogen-bond acceptors (Lipinski definition) is 4. The van der Waals surface area contributed by atoms with Crippen LogP contribution in [0.4, 0.5) is 13.2 Å². The Morgan fingerprint density at radius 3 is 2.52 bits per heavy atom. The number of hydrogen-bond donors (Lipinski definition) is 2. The fraction of sp³-hybridized carbons (Fsp3) is 0.429. The average molecular weight is 335 g/mol. The minimum Gasteiger partial charge on any atom is -0.493 e. The molecule has 2 N–H and O–H groups in total. The first-order chi connectivity index (χ1) is 10.7. The second kappa shape index (κ2) is 8.25. The molecule has 9 heteroatoms. The van der Waals surface area contributed by atoms with Gasteiger partial charge in [0.2, 0.25) is 5.91 Å². The third-order valence-electron chi connectivity index (χ3n) is 2.70. The van der Waals surface area contributed by atoms with Gasteiger partial charge in [0.15, 0.2) is 18.1 Å². The molecule has 0 spiro atoms. The highest BCUT2D eigenvalue weighted by Gasteiger charge is 2.29. The summed E-state index contributed by atoms with van der Waals surface area (Å²) < 4.78 is 46.0. The van der Waals surface area contributed by atoms with E-state index in [0.29, 0.717) is 5.56 Å². The van der Waals surface area contributed by atoms with Crippen LogP contribution < -0.4 is 14.8 Å². The topological polar surface area (TPSA) is 84.9 Å². The SMILES string of the molecule is COc1cc(CCC(=O)NCC(=O)O)ccc1OCC(F)(F)F. The van der Waals surface area contributed by atoms with Crippen molar-refractivity contribution in [2.75, 3.05) is 20.3 Å². The smallest absolute Gasteiger partial charge is 0.422 e. The molecule has 0 unspecified atom stereocenters. The van der Waals surface area contributed by atoms with E-state index in [4.69, 9.17) is 9.84 Å². The maximum Gasteiger partial charge on any atom is 0.422 e. The molecule has 0 aliphatic carbocycles. The van der Waals surface area contributed by atoms with E-state index in [1.54, 1.807) is 0 Å². The molecule has 0 aliphatic rings. The van der Waals surface area contributed by atoms with Gasteiger partial charge >= 0.3 is 12.1 Å². The molecule has 1 aromatic carbocycles. The van der Waals surface area contributed by atoms with Crippen LogP contribution in [0.15, 0.2) is 18.2 Å². The van der Waals surface area contributed by atoms with Gasteiger partial charge in [-0.1, -0.05) is 6.07 Å². The number of halogens is 3. The minimum absolute atomic E-state index is 0.0409. The number of rotatable bonds is 8. The van der Waals surface area contributed by atoms with Crippen molar-refractivity contribution < 1.29 is 37.3 Å². The van der Waals surface area contributed by atoms with Crippen molar-refractivity contribution >= 4 is 11.9 Å². The van der Waals surface area contributed by atoms with Gasteiger partial charge in [-0.05, 0) is 24.1 Å². The quantitative estimate of drug-likeness (QED) is 0.756. The van der Waals surface area contributed by atoms with Gasteiger partial charge in [0.25, 0.3) is 0 Å². The molecule has 0 aromatic heterocycles. The monoisotopic (exact) mass is 335 g/mol. The third kappa shape index (κ3) is 7.39. The Balaban J connectivity index is 2.61. The molecule has 0 saturated carbocycles. The fourth-order valence-electron chi connectivity index (χ4n) is 1.67. The van der Waals surface area contributed by atoms with Gasteiger partial charge in [-0.3, -0.25) is 9.59 Å². The van der Waals surface area contributed by atoms with E-state index in [9.17, 15) is 22.8 Å². The lowest BCUT2D eigenvalue weighted by molar-refractivity contribution is -0.153. The Morgan fingerprint density at radius 1 is 1.26 bits per heavy atom. The van der Waals surface area contributed by atoms with Crippen LogP contribution in [0.25, 0.3) is 0 Å². The molecule has 1 aromatic rings. The maximum atomic E-state index is 12.1. The molecule has 0 aliphatic heterocycles. The predicted molar refractivity (Wildman–Crippen MR) is 73.5 cm³/mol. The van der Waals surface area contributed by atoms with Crippen LogP contribution in [0.2, 0.25) is 0 Å². The summed E-state index contributed by atoms with van der Waals surface area (Å²) in [6.07, 6.45) is -4.13. The van der Waals surface area contributed by atoms with Crippen LogP contribution in [-0.4, -0.2) is 43.4 Å². The van der Waals surface area contributed by atoms with Crippen molar-refractivity contribution in [1.29, 1.82) is 0 Å². The first-order valence-corrected chi connectivity index (χ1v) is 6.56. The molecular formula is C14H16F3NO5. The summed E-state index contributed by atoms with van der Waals surface area (Å²) in [5, 5.41) is 10.6. The van der Waals surface area contributed by atoms with E-state index >= 15 is 0 Å². The molecule has 0 atom stereocenters. The summed E-state index contributed by atoms with van der Waals surface area (Å²) in [5.74, 6) is -1.52. The molecular weight excluding hydrogens is 319 g/mol. The lowest BCUT2D eigenvalue weighted by Gasteiger charge is -2.13. The second-order valence-electron chi connectivity index (χ2n) is 4.56. The number of alkyl halides is 3. The van der Waals surface area contributed by atoms with E-state index < -0.39 is 31.2 Å². The lowest BCUT2D eigenvalue weighted by atomic mass is 10.1. The van der Waals surface area contributed by atoms with Gasteiger partial charge < -0.3 is 19.9 Å². The number of carbonyl (C=O) groups is 2. The van der Waals surface area contributed by atoms with Crippen LogP contribution in [-0.2, 0) is 16.0 Å². The molecule has 6 nitrogen and oxygen atoms in total. The minimum atomic E-state index is -4.45. The van der Waals surface area contributed by atoms with Crippen LogP contribution >= 0.6 is 0 Å². The Hall–Kier alpha value is -2.45. The summed E-state index contributed by atoms with van der Waals surface area (Å²) in [7, 11) is 1.29. The fourth-order valence-corrected chi connectivity index (χ4v) is 1.67. The van der Waals surface area contributed by atoms with Crippen molar-refractivity contribution in [3.8, 4) is 11.5 Å². The number of benzene rings is 1. The lowest BCUT2D eigenvalue weighted by Crippen LogP contribution is -2.29. The molecule has 0 saturated heterocycles. The molecule has 0 bridgehead atoms. The van der Waals surface area contributed by atoms with Gasteiger partial charge in [0.1, 0.15) is 6.54 Å². The Morgan fingerprint density at radius 2 is 1.96 bits per heavy atom. The average Bonchev–Trinajstić information content (AvgIpc) is 2.48. The van der Waals surface area contributed by atoms with E-state index in [1.807, 2.05) is 0 Å². The van der Waals surface area contributed by atoms with Gasteiger partial charge in [-0.25, -0.2) is 0 Å². The first-order valence-electron chi connectivity index (χ1n) is 6.56. The van der Waals surface area contributed by atoms with Gasteiger partial charge in [-0.15, -0.1) is 0 Å². The molecule has 0 radical (unpaired) electrons. The van der Waals surface area contributed by atoms with Crippen molar-refractivity contribution in [2.24, 2.45) is 0 Å². The number of nitrogens with one attached hydrogen (secondary N) is 1. The van der Waals surface area contributed by atoms with Crippen molar-refractivity contribution in [1.82, 2.24) is 5.32 Å². The summed E-state index contributed by atoms with van der Waals surface area (Å²) in [6.45, 7) is -1.90. The number of carboxylic acids is 1. The highest BCUT2D eigenvalue weighted by molar-refractivity contribution is 5.81. The summed E-state index contributed by atoms with van der Waals surface area (Å²) >= 11 is 0. The number of methoxy groups -OCH3 is 1. The van der Waals surface area contributed by atoms with Crippen LogP contribution in [0.5, 0.6) is 11.5 Å². The van der Waals surface area contributed by atoms with E-state index in [-0.39, 0.29) is 24.3 Å². The molecule has 128 valence electrons. The van der Waals surface area contributed by atoms with Gasteiger partial charge in [0, 0.05) is 6.42 Å².